The average molecular weight is 385 g/mol. The van der Waals surface area contributed by atoms with E-state index in [2.05, 4.69) is 16.4 Å². The fourth-order valence-corrected chi connectivity index (χ4v) is 5.03. The summed E-state index contributed by atoms with van der Waals surface area (Å²) in [5, 5.41) is 5.54. The number of methoxy groups -OCH3 is 1. The van der Waals surface area contributed by atoms with Crippen LogP contribution in [0.25, 0.3) is 11.3 Å². The normalized spacial score (nSPS) is 13.7. The molecule has 0 spiro atoms. The van der Waals surface area contributed by atoms with Gasteiger partial charge < -0.3 is 4.74 Å². The number of nitrogens with one attached hydrogen (secondary N) is 1. The zero-order valence-corrected chi connectivity index (χ0v) is 16.2. The van der Waals surface area contributed by atoms with Crippen molar-refractivity contribution in [2.45, 2.75) is 32.1 Å². The Morgan fingerprint density at radius 2 is 1.96 bits per heavy atom. The van der Waals surface area contributed by atoms with Crippen LogP contribution in [0.5, 0.6) is 5.75 Å². The predicted octanol–water partition coefficient (Wildman–Crippen LogP) is 5.40. The van der Waals surface area contributed by atoms with Crippen molar-refractivity contribution in [1.29, 1.82) is 0 Å². The molecule has 6 heteroatoms. The first-order chi connectivity index (χ1) is 12.7. The minimum absolute atomic E-state index is 0.0568. The molecule has 0 atom stereocenters. The number of amides is 1. The number of carbonyl (C=O) groups is 1. The SMILES string of the molecule is COc1ccc(-c2csc(NC(=O)c3cc4c(s3)CCCCC4)n2)cc1. The van der Waals surface area contributed by atoms with E-state index in [0.29, 0.717) is 5.13 Å². The largest absolute Gasteiger partial charge is 0.497 e. The number of thiophene rings is 1. The first kappa shape index (κ1) is 17.2. The molecule has 1 N–H and O–H groups in total. The number of ether oxygens (including phenoxy) is 1. The van der Waals surface area contributed by atoms with E-state index in [-0.39, 0.29) is 5.91 Å². The second-order valence-electron chi connectivity index (χ2n) is 6.34. The number of hydrogen-bond donors (Lipinski definition) is 1. The van der Waals surface area contributed by atoms with E-state index in [1.54, 1.807) is 18.4 Å². The maximum Gasteiger partial charge on any atom is 0.267 e. The molecule has 0 radical (unpaired) electrons. The molecule has 3 aromatic rings. The first-order valence-corrected chi connectivity index (χ1v) is 10.5. The summed E-state index contributed by atoms with van der Waals surface area (Å²) in [6.07, 6.45) is 5.94. The van der Waals surface area contributed by atoms with Gasteiger partial charge in [-0.3, -0.25) is 10.1 Å². The van der Waals surface area contributed by atoms with E-state index in [1.807, 2.05) is 29.6 Å². The number of thiazole rings is 1. The molecule has 1 amide bonds. The van der Waals surface area contributed by atoms with Crippen LogP contribution in [0.1, 0.15) is 39.4 Å². The van der Waals surface area contributed by atoms with Gasteiger partial charge in [0.05, 0.1) is 17.7 Å². The van der Waals surface area contributed by atoms with Gasteiger partial charge >= 0.3 is 0 Å². The zero-order chi connectivity index (χ0) is 17.9. The Morgan fingerprint density at radius 1 is 1.15 bits per heavy atom. The summed E-state index contributed by atoms with van der Waals surface area (Å²) >= 11 is 3.08. The second-order valence-corrected chi connectivity index (χ2v) is 8.34. The quantitative estimate of drug-likeness (QED) is 0.613. The summed E-state index contributed by atoms with van der Waals surface area (Å²) in [6.45, 7) is 0. The summed E-state index contributed by atoms with van der Waals surface area (Å²) in [7, 11) is 1.65. The molecule has 4 nitrogen and oxygen atoms in total. The van der Waals surface area contributed by atoms with Crippen molar-refractivity contribution in [3.63, 3.8) is 0 Å². The topological polar surface area (TPSA) is 51.2 Å². The van der Waals surface area contributed by atoms with Crippen LogP contribution in [0, 0.1) is 0 Å². The van der Waals surface area contributed by atoms with E-state index >= 15 is 0 Å². The maximum atomic E-state index is 12.6. The maximum absolute atomic E-state index is 12.6. The Labute approximate surface area is 160 Å². The summed E-state index contributed by atoms with van der Waals surface area (Å²) in [5.74, 6) is 0.758. The number of nitrogens with zero attached hydrogens (tertiary/aromatic N) is 1. The van der Waals surface area contributed by atoms with Gasteiger partial charge in [0.25, 0.3) is 5.91 Å². The highest BCUT2D eigenvalue weighted by Gasteiger charge is 2.17. The van der Waals surface area contributed by atoms with Gasteiger partial charge in [0.15, 0.2) is 5.13 Å². The molecule has 1 aliphatic carbocycles. The zero-order valence-electron chi connectivity index (χ0n) is 14.6. The van der Waals surface area contributed by atoms with Crippen molar-refractivity contribution in [2.75, 3.05) is 12.4 Å². The van der Waals surface area contributed by atoms with E-state index in [1.165, 1.54) is 41.0 Å². The van der Waals surface area contributed by atoms with E-state index in [9.17, 15) is 4.79 Å². The van der Waals surface area contributed by atoms with E-state index < -0.39 is 0 Å². The summed E-state index contributed by atoms with van der Waals surface area (Å²) in [6, 6.07) is 9.82. The minimum atomic E-state index is -0.0568. The Bertz CT molecular complexity index is 889. The van der Waals surface area contributed by atoms with Crippen LogP contribution in [0.2, 0.25) is 0 Å². The first-order valence-electron chi connectivity index (χ1n) is 8.76. The molecular formula is C20H20N2O2S2. The molecule has 2 aromatic heterocycles. The van der Waals surface area contributed by atoms with Gasteiger partial charge in [-0.05, 0) is 61.6 Å². The van der Waals surface area contributed by atoms with Crippen molar-refractivity contribution in [2.24, 2.45) is 0 Å². The van der Waals surface area contributed by atoms with Crippen LogP contribution >= 0.6 is 22.7 Å². The molecule has 1 aliphatic rings. The Kier molecular flexibility index (Phi) is 5.04. The lowest BCUT2D eigenvalue weighted by atomic mass is 10.1. The van der Waals surface area contributed by atoms with Gasteiger partial charge in [0.1, 0.15) is 5.75 Å². The van der Waals surface area contributed by atoms with Crippen LogP contribution in [0.3, 0.4) is 0 Å². The number of aromatic nitrogens is 1. The highest BCUT2D eigenvalue weighted by Crippen LogP contribution is 2.31. The highest BCUT2D eigenvalue weighted by atomic mass is 32.1. The van der Waals surface area contributed by atoms with Crippen molar-refractivity contribution >= 4 is 33.7 Å². The second kappa shape index (κ2) is 7.60. The Hall–Kier alpha value is -2.18. The van der Waals surface area contributed by atoms with Gasteiger partial charge in [-0.25, -0.2) is 4.98 Å². The van der Waals surface area contributed by atoms with Gasteiger partial charge in [-0.1, -0.05) is 6.42 Å². The van der Waals surface area contributed by atoms with Gasteiger partial charge in [0.2, 0.25) is 0 Å². The number of fused-ring (bicyclic) bond motifs is 1. The molecule has 0 saturated heterocycles. The third-order valence-corrected chi connectivity index (χ3v) is 6.57. The standard InChI is InChI=1S/C20H20N2O2S2/c1-24-15-9-7-13(8-10-15)16-12-25-20(21-16)22-19(23)18-11-14-5-3-2-4-6-17(14)26-18/h7-12H,2-6H2,1H3,(H,21,22,23). The van der Waals surface area contributed by atoms with Gasteiger partial charge in [0, 0.05) is 15.8 Å². The lowest BCUT2D eigenvalue weighted by molar-refractivity contribution is 0.103. The van der Waals surface area contributed by atoms with Crippen LogP contribution in [0.4, 0.5) is 5.13 Å². The molecular weight excluding hydrogens is 364 g/mol. The summed E-state index contributed by atoms with van der Waals surface area (Å²) < 4.78 is 5.18. The minimum Gasteiger partial charge on any atom is -0.497 e. The lowest BCUT2D eigenvalue weighted by Crippen LogP contribution is -2.09. The fraction of sp³-hybridized carbons (Fsp3) is 0.300. The molecule has 2 heterocycles. The number of carbonyl (C=O) groups excluding carboxylic acids is 1. The number of rotatable bonds is 4. The van der Waals surface area contributed by atoms with Crippen molar-refractivity contribution < 1.29 is 9.53 Å². The molecule has 0 unspecified atom stereocenters. The Morgan fingerprint density at radius 3 is 2.77 bits per heavy atom. The number of hydrogen-bond acceptors (Lipinski definition) is 5. The number of aryl methyl sites for hydroxylation is 2. The van der Waals surface area contributed by atoms with Crippen LogP contribution < -0.4 is 10.1 Å². The highest BCUT2D eigenvalue weighted by molar-refractivity contribution is 7.15. The lowest BCUT2D eigenvalue weighted by Gasteiger charge is -2.01. The molecule has 134 valence electrons. The third-order valence-electron chi connectivity index (χ3n) is 4.58. The monoisotopic (exact) mass is 384 g/mol. The Balaban J connectivity index is 1.47. The molecule has 0 fully saturated rings. The molecule has 0 bridgehead atoms. The third kappa shape index (κ3) is 3.66. The van der Waals surface area contributed by atoms with Crippen molar-refractivity contribution in [1.82, 2.24) is 4.98 Å². The average Bonchev–Trinajstić information content (AvgIpc) is 3.24. The number of anilines is 1. The van der Waals surface area contributed by atoms with Gasteiger partial charge in [-0.2, -0.15) is 0 Å². The van der Waals surface area contributed by atoms with Crippen molar-refractivity contribution in [3.05, 3.63) is 51.0 Å². The predicted molar refractivity (Wildman–Crippen MR) is 108 cm³/mol. The smallest absolute Gasteiger partial charge is 0.267 e. The summed E-state index contributed by atoms with van der Waals surface area (Å²) in [4.78, 5) is 19.3. The van der Waals surface area contributed by atoms with Crippen LogP contribution in [-0.4, -0.2) is 18.0 Å². The van der Waals surface area contributed by atoms with Crippen molar-refractivity contribution in [3.8, 4) is 17.0 Å². The fourth-order valence-electron chi connectivity index (χ4n) is 3.16. The summed E-state index contributed by atoms with van der Waals surface area (Å²) in [5.41, 5.74) is 3.22. The molecule has 26 heavy (non-hydrogen) atoms. The molecule has 0 saturated carbocycles. The van der Waals surface area contributed by atoms with Crippen LogP contribution in [0.15, 0.2) is 35.7 Å². The van der Waals surface area contributed by atoms with Gasteiger partial charge in [-0.15, -0.1) is 22.7 Å². The van der Waals surface area contributed by atoms with E-state index in [4.69, 9.17) is 4.74 Å². The van der Waals surface area contributed by atoms with E-state index in [0.717, 1.165) is 34.7 Å². The molecule has 4 rings (SSSR count). The molecule has 1 aromatic carbocycles. The van der Waals surface area contributed by atoms with Crippen LogP contribution in [-0.2, 0) is 12.8 Å². The molecule has 0 aliphatic heterocycles. The number of benzene rings is 1.